The Hall–Kier alpha value is -1.52. The Labute approximate surface area is 89.2 Å². The number of nitrogens with two attached hydrogens (primary N) is 1. The number of aromatic nitrogens is 2. The molecular formula is C10H17N3O2. The summed E-state index contributed by atoms with van der Waals surface area (Å²) < 4.78 is 6.39. The van der Waals surface area contributed by atoms with Crippen molar-refractivity contribution in [2.45, 2.75) is 19.8 Å². The zero-order valence-electron chi connectivity index (χ0n) is 9.36. The summed E-state index contributed by atoms with van der Waals surface area (Å²) in [5.74, 6) is -0.292. The third kappa shape index (κ3) is 2.71. The van der Waals surface area contributed by atoms with Crippen molar-refractivity contribution >= 4 is 11.7 Å². The second kappa shape index (κ2) is 4.82. The molecule has 1 rings (SSSR count). The molecule has 0 aliphatic rings. The van der Waals surface area contributed by atoms with Crippen LogP contribution in [0.15, 0.2) is 6.20 Å². The van der Waals surface area contributed by atoms with E-state index in [4.69, 9.17) is 5.73 Å². The number of rotatable bonds is 4. The summed E-state index contributed by atoms with van der Waals surface area (Å²) in [7, 11) is 3.24. The van der Waals surface area contributed by atoms with Crippen molar-refractivity contribution in [1.82, 2.24) is 9.78 Å². The number of esters is 1. The highest BCUT2D eigenvalue weighted by atomic mass is 16.5. The molecule has 0 aliphatic heterocycles. The Morgan fingerprint density at radius 3 is 2.87 bits per heavy atom. The van der Waals surface area contributed by atoms with Crippen LogP contribution in [-0.4, -0.2) is 22.9 Å². The van der Waals surface area contributed by atoms with Crippen LogP contribution in [0.3, 0.4) is 0 Å². The third-order valence-corrected chi connectivity index (χ3v) is 2.51. The second-order valence-corrected chi connectivity index (χ2v) is 3.63. The molecule has 1 heterocycles. The van der Waals surface area contributed by atoms with E-state index < -0.39 is 0 Å². The monoisotopic (exact) mass is 211 g/mol. The fourth-order valence-electron chi connectivity index (χ4n) is 1.46. The molecular weight excluding hydrogens is 194 g/mol. The zero-order chi connectivity index (χ0) is 11.4. The predicted octanol–water partition coefficient (Wildman–Crippen LogP) is 0.744. The van der Waals surface area contributed by atoms with E-state index in [-0.39, 0.29) is 11.9 Å². The highest BCUT2D eigenvalue weighted by Gasteiger charge is 2.14. The van der Waals surface area contributed by atoms with E-state index in [9.17, 15) is 4.79 Å². The van der Waals surface area contributed by atoms with Crippen LogP contribution in [0, 0.1) is 5.92 Å². The first-order valence-corrected chi connectivity index (χ1v) is 4.90. The van der Waals surface area contributed by atoms with Crippen LogP contribution in [0.1, 0.15) is 19.0 Å². The molecule has 1 aromatic heterocycles. The number of ether oxygens (including phenoxy) is 1. The van der Waals surface area contributed by atoms with Crippen molar-refractivity contribution in [2.75, 3.05) is 12.8 Å². The number of carbonyl (C=O) groups excluding carboxylic acids is 1. The van der Waals surface area contributed by atoms with Crippen molar-refractivity contribution < 1.29 is 9.53 Å². The van der Waals surface area contributed by atoms with Crippen LogP contribution in [-0.2, 0) is 23.0 Å². The number of anilines is 1. The standard InChI is InChI=1S/C10H17N3O2/c1-7(10(14)15-3)4-5-9-8(11)6-12-13(9)2/h6-7H,4-5,11H2,1-3H3/t7-/m0/s1. The molecule has 0 unspecified atom stereocenters. The number of aryl methyl sites for hydroxylation is 1. The quantitative estimate of drug-likeness (QED) is 0.746. The molecule has 0 radical (unpaired) electrons. The molecule has 0 amide bonds. The fourth-order valence-corrected chi connectivity index (χ4v) is 1.46. The fraction of sp³-hybridized carbons (Fsp3) is 0.600. The summed E-state index contributed by atoms with van der Waals surface area (Å²) in [4.78, 5) is 11.2. The lowest BCUT2D eigenvalue weighted by molar-refractivity contribution is -0.145. The summed E-state index contributed by atoms with van der Waals surface area (Å²) in [5, 5.41) is 4.03. The Kier molecular flexibility index (Phi) is 3.71. The Balaban J connectivity index is 2.54. The molecule has 0 fully saturated rings. The topological polar surface area (TPSA) is 70.1 Å². The largest absolute Gasteiger partial charge is 0.469 e. The Bertz CT molecular complexity index is 327. The van der Waals surface area contributed by atoms with Crippen LogP contribution in [0.25, 0.3) is 0 Å². The van der Waals surface area contributed by atoms with Crippen LogP contribution in [0.2, 0.25) is 0 Å². The van der Waals surface area contributed by atoms with Crippen LogP contribution < -0.4 is 5.73 Å². The van der Waals surface area contributed by atoms with Gasteiger partial charge in [0.05, 0.1) is 30.6 Å². The van der Waals surface area contributed by atoms with E-state index in [2.05, 4.69) is 9.84 Å². The van der Waals surface area contributed by atoms with Gasteiger partial charge in [-0.1, -0.05) is 6.92 Å². The SMILES string of the molecule is COC(=O)[C@@H](C)CCc1c(N)cnn1C. The highest BCUT2D eigenvalue weighted by molar-refractivity contribution is 5.71. The highest BCUT2D eigenvalue weighted by Crippen LogP contribution is 2.15. The van der Waals surface area contributed by atoms with Gasteiger partial charge < -0.3 is 10.5 Å². The Morgan fingerprint density at radius 1 is 1.73 bits per heavy atom. The van der Waals surface area contributed by atoms with Gasteiger partial charge in [0, 0.05) is 7.05 Å². The minimum Gasteiger partial charge on any atom is -0.469 e. The molecule has 0 spiro atoms. The molecule has 0 saturated heterocycles. The lowest BCUT2D eigenvalue weighted by Crippen LogP contribution is -2.14. The van der Waals surface area contributed by atoms with E-state index >= 15 is 0 Å². The number of methoxy groups -OCH3 is 1. The van der Waals surface area contributed by atoms with E-state index in [0.29, 0.717) is 5.69 Å². The molecule has 1 atom stereocenters. The summed E-state index contributed by atoms with van der Waals surface area (Å²) >= 11 is 0. The summed E-state index contributed by atoms with van der Waals surface area (Å²) in [6.45, 7) is 1.85. The average Bonchev–Trinajstić information content (AvgIpc) is 2.54. The molecule has 2 N–H and O–H groups in total. The Morgan fingerprint density at radius 2 is 2.40 bits per heavy atom. The maximum atomic E-state index is 11.2. The molecule has 0 saturated carbocycles. The summed E-state index contributed by atoms with van der Waals surface area (Å²) in [5.41, 5.74) is 7.38. The molecule has 5 heteroatoms. The van der Waals surface area contributed by atoms with Gasteiger partial charge >= 0.3 is 5.97 Å². The lowest BCUT2D eigenvalue weighted by atomic mass is 10.0. The van der Waals surface area contributed by atoms with Gasteiger partial charge in [-0.15, -0.1) is 0 Å². The van der Waals surface area contributed by atoms with Crippen molar-refractivity contribution in [3.8, 4) is 0 Å². The van der Waals surface area contributed by atoms with Crippen LogP contribution >= 0.6 is 0 Å². The molecule has 1 aromatic rings. The van der Waals surface area contributed by atoms with Gasteiger partial charge in [0.25, 0.3) is 0 Å². The van der Waals surface area contributed by atoms with Gasteiger partial charge in [0.15, 0.2) is 0 Å². The molecule has 0 aliphatic carbocycles. The first-order valence-electron chi connectivity index (χ1n) is 4.90. The van der Waals surface area contributed by atoms with Crippen LogP contribution in [0.5, 0.6) is 0 Å². The molecule has 15 heavy (non-hydrogen) atoms. The number of hydrogen-bond acceptors (Lipinski definition) is 4. The zero-order valence-corrected chi connectivity index (χ0v) is 9.36. The molecule has 0 aromatic carbocycles. The number of carbonyl (C=O) groups is 1. The van der Waals surface area contributed by atoms with E-state index in [1.54, 1.807) is 10.9 Å². The second-order valence-electron chi connectivity index (χ2n) is 3.63. The van der Waals surface area contributed by atoms with Crippen molar-refractivity contribution in [3.63, 3.8) is 0 Å². The normalized spacial score (nSPS) is 12.5. The molecule has 84 valence electrons. The predicted molar refractivity (Wildman–Crippen MR) is 57.1 cm³/mol. The van der Waals surface area contributed by atoms with Gasteiger partial charge in [-0.25, -0.2) is 0 Å². The molecule has 0 bridgehead atoms. The van der Waals surface area contributed by atoms with Crippen LogP contribution in [0.4, 0.5) is 5.69 Å². The summed E-state index contributed by atoms with van der Waals surface area (Å²) in [6, 6.07) is 0. The van der Waals surface area contributed by atoms with Crippen molar-refractivity contribution in [2.24, 2.45) is 13.0 Å². The van der Waals surface area contributed by atoms with Gasteiger partial charge in [-0.05, 0) is 12.8 Å². The van der Waals surface area contributed by atoms with Gasteiger partial charge in [0.2, 0.25) is 0 Å². The lowest BCUT2D eigenvalue weighted by Gasteiger charge is -2.09. The minimum absolute atomic E-state index is 0.107. The molecule has 5 nitrogen and oxygen atoms in total. The first kappa shape index (κ1) is 11.6. The number of nitrogens with zero attached hydrogens (tertiary/aromatic N) is 2. The number of hydrogen-bond donors (Lipinski definition) is 1. The van der Waals surface area contributed by atoms with Gasteiger partial charge in [0.1, 0.15) is 0 Å². The smallest absolute Gasteiger partial charge is 0.308 e. The van der Waals surface area contributed by atoms with E-state index in [1.807, 2.05) is 14.0 Å². The average molecular weight is 211 g/mol. The van der Waals surface area contributed by atoms with Crippen molar-refractivity contribution in [1.29, 1.82) is 0 Å². The van der Waals surface area contributed by atoms with Gasteiger partial charge in [-0.3, -0.25) is 9.48 Å². The van der Waals surface area contributed by atoms with E-state index in [0.717, 1.165) is 18.5 Å². The number of nitrogen functional groups attached to an aromatic ring is 1. The third-order valence-electron chi connectivity index (χ3n) is 2.51. The summed E-state index contributed by atoms with van der Waals surface area (Å²) in [6.07, 6.45) is 3.08. The maximum Gasteiger partial charge on any atom is 0.308 e. The van der Waals surface area contributed by atoms with E-state index in [1.165, 1.54) is 7.11 Å². The van der Waals surface area contributed by atoms with Gasteiger partial charge in [-0.2, -0.15) is 5.10 Å². The van der Waals surface area contributed by atoms with Crippen molar-refractivity contribution in [3.05, 3.63) is 11.9 Å². The minimum atomic E-state index is -0.185. The maximum absolute atomic E-state index is 11.2. The first-order chi connectivity index (χ1) is 7.06.